The van der Waals surface area contributed by atoms with Crippen LogP contribution in [0.4, 0.5) is 0 Å². The van der Waals surface area contributed by atoms with E-state index in [2.05, 4.69) is 5.32 Å². The molecule has 0 saturated carbocycles. The number of nitrogens with one attached hydrogen (secondary N) is 1. The van der Waals surface area contributed by atoms with Crippen molar-refractivity contribution in [1.82, 2.24) is 10.2 Å². The Balaban J connectivity index is 2.81. The van der Waals surface area contributed by atoms with E-state index in [9.17, 15) is 24.6 Å². The van der Waals surface area contributed by atoms with Crippen LogP contribution < -0.4 is 16.8 Å². The fourth-order valence-electron chi connectivity index (χ4n) is 2.72. The number of carbonyl (C=O) groups is 3. The Labute approximate surface area is 141 Å². The van der Waals surface area contributed by atoms with Crippen molar-refractivity contribution in [1.29, 1.82) is 0 Å². The molecule has 138 valence electrons. The zero-order chi connectivity index (χ0) is 18.3. The molecule has 1 saturated heterocycles. The van der Waals surface area contributed by atoms with Crippen molar-refractivity contribution >= 4 is 17.8 Å². The molecule has 0 aromatic heterocycles. The van der Waals surface area contributed by atoms with E-state index in [0.29, 0.717) is 45.2 Å². The van der Waals surface area contributed by atoms with Crippen molar-refractivity contribution in [2.24, 2.45) is 11.5 Å². The molecule has 0 radical (unpaired) electrons. The predicted molar refractivity (Wildman–Crippen MR) is 86.9 cm³/mol. The molecule has 1 heterocycles. The fraction of sp³-hybridized carbons (Fsp3) is 0.800. The third kappa shape index (κ3) is 5.43. The maximum atomic E-state index is 12.7. The molecule has 24 heavy (non-hydrogen) atoms. The van der Waals surface area contributed by atoms with Crippen LogP contribution in [-0.4, -0.2) is 70.2 Å². The van der Waals surface area contributed by atoms with Crippen LogP contribution in [0.3, 0.4) is 0 Å². The zero-order valence-corrected chi connectivity index (χ0v) is 14.0. The van der Waals surface area contributed by atoms with Gasteiger partial charge in [0.2, 0.25) is 11.8 Å². The number of nitrogens with zero attached hydrogens (tertiary/aromatic N) is 1. The van der Waals surface area contributed by atoms with E-state index < -0.39 is 42.0 Å². The normalized spacial score (nSPS) is 21.2. The SMILES string of the molecule is CC(O)C(N)C(=O)NC(CCCCN)C(=O)N1CCCC1C(=O)O. The van der Waals surface area contributed by atoms with Crippen LogP contribution in [0.1, 0.15) is 39.0 Å². The standard InChI is InChI=1S/C15H28N4O5/c1-9(20)12(17)13(21)18-10(5-2-3-7-16)14(22)19-8-4-6-11(19)15(23)24/h9-12,20H,2-8,16-17H2,1H3,(H,18,21)(H,23,24). The average molecular weight is 344 g/mol. The smallest absolute Gasteiger partial charge is 0.326 e. The van der Waals surface area contributed by atoms with Crippen molar-refractivity contribution in [2.75, 3.05) is 13.1 Å². The van der Waals surface area contributed by atoms with Crippen LogP contribution in [0.2, 0.25) is 0 Å². The lowest BCUT2D eigenvalue weighted by atomic mass is 10.1. The monoisotopic (exact) mass is 344 g/mol. The number of likely N-dealkylation sites (tertiary alicyclic amines) is 1. The molecule has 0 aromatic rings. The van der Waals surface area contributed by atoms with Crippen LogP contribution >= 0.6 is 0 Å². The Bertz CT molecular complexity index is 457. The second-order valence-corrected chi connectivity index (χ2v) is 6.14. The summed E-state index contributed by atoms with van der Waals surface area (Å²) in [6.07, 6.45) is 1.60. The van der Waals surface area contributed by atoms with Crippen LogP contribution in [0.25, 0.3) is 0 Å². The zero-order valence-electron chi connectivity index (χ0n) is 14.0. The lowest BCUT2D eigenvalue weighted by molar-refractivity contribution is -0.149. The number of hydrogen-bond donors (Lipinski definition) is 5. The van der Waals surface area contributed by atoms with Gasteiger partial charge < -0.3 is 31.9 Å². The molecule has 1 rings (SSSR count). The highest BCUT2D eigenvalue weighted by molar-refractivity contribution is 5.92. The maximum Gasteiger partial charge on any atom is 0.326 e. The van der Waals surface area contributed by atoms with E-state index >= 15 is 0 Å². The molecular formula is C15H28N4O5. The Hall–Kier alpha value is -1.71. The van der Waals surface area contributed by atoms with Crippen LogP contribution in [0.5, 0.6) is 0 Å². The van der Waals surface area contributed by atoms with Gasteiger partial charge in [0.1, 0.15) is 18.1 Å². The number of carbonyl (C=O) groups excluding carboxylic acids is 2. The van der Waals surface area contributed by atoms with Crippen molar-refractivity contribution in [2.45, 2.75) is 63.3 Å². The Morgan fingerprint density at radius 3 is 2.54 bits per heavy atom. The van der Waals surface area contributed by atoms with Crippen molar-refractivity contribution in [3.63, 3.8) is 0 Å². The summed E-state index contributed by atoms with van der Waals surface area (Å²) in [4.78, 5) is 37.3. The van der Waals surface area contributed by atoms with Gasteiger partial charge in [-0.1, -0.05) is 0 Å². The second kappa shape index (κ2) is 9.55. The largest absolute Gasteiger partial charge is 0.480 e. The molecule has 1 fully saturated rings. The highest BCUT2D eigenvalue weighted by Crippen LogP contribution is 2.19. The first-order valence-electron chi connectivity index (χ1n) is 8.27. The van der Waals surface area contributed by atoms with Gasteiger partial charge >= 0.3 is 5.97 Å². The summed E-state index contributed by atoms with van der Waals surface area (Å²) >= 11 is 0. The van der Waals surface area contributed by atoms with Crippen LogP contribution in [0.15, 0.2) is 0 Å². The highest BCUT2D eigenvalue weighted by Gasteiger charge is 2.37. The van der Waals surface area contributed by atoms with E-state index in [-0.39, 0.29) is 0 Å². The quantitative estimate of drug-likeness (QED) is 0.314. The maximum absolute atomic E-state index is 12.7. The van der Waals surface area contributed by atoms with Gasteiger partial charge in [-0.15, -0.1) is 0 Å². The van der Waals surface area contributed by atoms with Crippen LogP contribution in [-0.2, 0) is 14.4 Å². The number of aliphatic hydroxyl groups excluding tert-OH is 1. The van der Waals surface area contributed by atoms with Crippen molar-refractivity contribution in [3.05, 3.63) is 0 Å². The predicted octanol–water partition coefficient (Wildman–Crippen LogP) is -1.62. The van der Waals surface area contributed by atoms with Gasteiger partial charge in [0, 0.05) is 6.54 Å². The summed E-state index contributed by atoms with van der Waals surface area (Å²) in [5.74, 6) is -2.11. The number of hydrogen-bond acceptors (Lipinski definition) is 6. The summed E-state index contributed by atoms with van der Waals surface area (Å²) in [6.45, 7) is 2.20. The first-order valence-corrected chi connectivity index (χ1v) is 8.27. The molecule has 1 aliphatic rings. The lowest BCUT2D eigenvalue weighted by Crippen LogP contribution is -2.56. The number of rotatable bonds is 9. The van der Waals surface area contributed by atoms with Crippen molar-refractivity contribution < 1.29 is 24.6 Å². The Morgan fingerprint density at radius 2 is 2.00 bits per heavy atom. The number of amides is 2. The molecule has 9 nitrogen and oxygen atoms in total. The van der Waals surface area contributed by atoms with E-state index in [1.54, 1.807) is 0 Å². The van der Waals surface area contributed by atoms with Gasteiger partial charge in [0.25, 0.3) is 0 Å². The van der Waals surface area contributed by atoms with E-state index in [0.717, 1.165) is 0 Å². The molecule has 0 bridgehead atoms. The first kappa shape index (κ1) is 20.3. The topological polar surface area (TPSA) is 159 Å². The molecule has 0 aliphatic carbocycles. The first-order chi connectivity index (χ1) is 11.3. The van der Waals surface area contributed by atoms with Crippen molar-refractivity contribution in [3.8, 4) is 0 Å². The number of carboxylic acid groups (broad SMARTS) is 1. The molecule has 7 N–H and O–H groups in total. The van der Waals surface area contributed by atoms with Gasteiger partial charge in [0.15, 0.2) is 0 Å². The van der Waals surface area contributed by atoms with E-state index in [1.165, 1.54) is 11.8 Å². The average Bonchev–Trinajstić information content (AvgIpc) is 3.02. The second-order valence-electron chi connectivity index (χ2n) is 6.14. The van der Waals surface area contributed by atoms with Gasteiger partial charge in [-0.25, -0.2) is 4.79 Å². The summed E-state index contributed by atoms with van der Waals surface area (Å²) in [5, 5.41) is 21.2. The minimum absolute atomic E-state index is 0.344. The minimum Gasteiger partial charge on any atom is -0.480 e. The summed E-state index contributed by atoms with van der Waals surface area (Å²) in [7, 11) is 0. The van der Waals surface area contributed by atoms with Gasteiger partial charge in [-0.2, -0.15) is 0 Å². The number of unbranched alkanes of at least 4 members (excludes halogenated alkanes) is 1. The molecule has 4 unspecified atom stereocenters. The Morgan fingerprint density at radius 1 is 1.33 bits per heavy atom. The van der Waals surface area contributed by atoms with E-state index in [4.69, 9.17) is 11.5 Å². The van der Waals surface area contributed by atoms with Gasteiger partial charge in [-0.3, -0.25) is 9.59 Å². The Kier molecular flexibility index (Phi) is 8.09. The number of nitrogens with two attached hydrogens (primary N) is 2. The summed E-state index contributed by atoms with van der Waals surface area (Å²) in [5.41, 5.74) is 11.0. The fourth-order valence-corrected chi connectivity index (χ4v) is 2.72. The van der Waals surface area contributed by atoms with Crippen LogP contribution in [0, 0.1) is 0 Å². The molecule has 1 aliphatic heterocycles. The summed E-state index contributed by atoms with van der Waals surface area (Å²) in [6, 6.07) is -2.88. The lowest BCUT2D eigenvalue weighted by Gasteiger charge is -2.28. The number of aliphatic carboxylic acids is 1. The molecule has 0 aromatic carbocycles. The van der Waals surface area contributed by atoms with Gasteiger partial charge in [-0.05, 0) is 45.6 Å². The summed E-state index contributed by atoms with van der Waals surface area (Å²) < 4.78 is 0. The third-order valence-electron chi connectivity index (χ3n) is 4.20. The van der Waals surface area contributed by atoms with Gasteiger partial charge in [0.05, 0.1) is 6.10 Å². The minimum atomic E-state index is -1.15. The van der Waals surface area contributed by atoms with E-state index in [1.807, 2.05) is 0 Å². The molecule has 9 heteroatoms. The molecule has 0 spiro atoms. The molecule has 4 atom stereocenters. The number of aliphatic hydroxyl groups is 1. The highest BCUT2D eigenvalue weighted by atomic mass is 16.4. The number of carboxylic acids is 1. The molecular weight excluding hydrogens is 316 g/mol. The third-order valence-corrected chi connectivity index (χ3v) is 4.20. The molecule has 2 amide bonds.